The number of hydrogen-bond acceptors (Lipinski definition) is 6. The third-order valence-electron chi connectivity index (χ3n) is 5.90. The van der Waals surface area contributed by atoms with E-state index < -0.39 is 27.1 Å². The van der Waals surface area contributed by atoms with Crippen molar-refractivity contribution in [1.29, 1.82) is 0 Å². The first-order valence-corrected chi connectivity index (χ1v) is 12.4. The summed E-state index contributed by atoms with van der Waals surface area (Å²) in [5, 5.41) is 3.52. The number of ether oxygens (including phenoxy) is 1. The fourth-order valence-electron chi connectivity index (χ4n) is 3.97. The van der Waals surface area contributed by atoms with Gasteiger partial charge in [0.05, 0.1) is 30.3 Å². The highest BCUT2D eigenvalue weighted by Gasteiger charge is 2.39. The van der Waals surface area contributed by atoms with E-state index in [9.17, 15) is 26.4 Å². The molecule has 0 spiro atoms. The topological polar surface area (TPSA) is 126 Å². The molecule has 0 radical (unpaired) electrons. The standard InChI is InChI=1S/C22H24F3N5O4S/c1-12(22(23,24)25)30-35(32,33)15-7-8-17(26-11-15)19-18(21(31)28-13-5-3-4-6-13)16-9-14(34-2)10-27-20(16)29-19/h7-13,30H,3-6H2,1-2H3,(H,27,29)(H,28,31)/t12-/m0/s1. The van der Waals surface area contributed by atoms with Crippen molar-refractivity contribution in [3.05, 3.63) is 36.2 Å². The summed E-state index contributed by atoms with van der Waals surface area (Å²) in [6.45, 7) is 0.709. The van der Waals surface area contributed by atoms with Crippen LogP contribution < -0.4 is 14.8 Å². The summed E-state index contributed by atoms with van der Waals surface area (Å²) in [6.07, 6.45) is 1.49. The van der Waals surface area contributed by atoms with Crippen LogP contribution in [0.15, 0.2) is 35.5 Å². The van der Waals surface area contributed by atoms with Crippen LogP contribution in [0.5, 0.6) is 5.75 Å². The van der Waals surface area contributed by atoms with Gasteiger partial charge in [0, 0.05) is 17.6 Å². The van der Waals surface area contributed by atoms with Crippen molar-refractivity contribution in [2.75, 3.05) is 7.11 Å². The first-order chi connectivity index (χ1) is 16.5. The van der Waals surface area contributed by atoms with Crippen LogP contribution >= 0.6 is 0 Å². The molecule has 1 atom stereocenters. The number of sulfonamides is 1. The molecule has 188 valence electrons. The van der Waals surface area contributed by atoms with Crippen LogP contribution in [0.4, 0.5) is 13.2 Å². The molecular weight excluding hydrogens is 487 g/mol. The molecule has 0 aromatic carbocycles. The predicted octanol–water partition coefficient (Wildman–Crippen LogP) is 3.54. The molecule has 0 aliphatic heterocycles. The number of halogens is 3. The van der Waals surface area contributed by atoms with Crippen LogP contribution in [0, 0.1) is 0 Å². The Morgan fingerprint density at radius 3 is 2.51 bits per heavy atom. The maximum atomic E-state index is 13.3. The molecule has 3 aromatic rings. The lowest BCUT2D eigenvalue weighted by atomic mass is 10.1. The van der Waals surface area contributed by atoms with Crippen LogP contribution in [0.2, 0.25) is 0 Å². The molecular formula is C22H24F3N5O4S. The van der Waals surface area contributed by atoms with Crippen molar-refractivity contribution in [3.8, 4) is 17.1 Å². The zero-order chi connectivity index (χ0) is 25.4. The summed E-state index contributed by atoms with van der Waals surface area (Å²) < 4.78 is 70.0. The van der Waals surface area contributed by atoms with Gasteiger partial charge >= 0.3 is 6.18 Å². The number of alkyl halides is 3. The van der Waals surface area contributed by atoms with Gasteiger partial charge in [0.25, 0.3) is 5.91 Å². The van der Waals surface area contributed by atoms with Gasteiger partial charge in [-0.25, -0.2) is 13.4 Å². The number of nitrogens with zero attached hydrogens (tertiary/aromatic N) is 2. The lowest BCUT2D eigenvalue weighted by Gasteiger charge is -2.17. The Labute approximate surface area is 199 Å². The molecule has 35 heavy (non-hydrogen) atoms. The summed E-state index contributed by atoms with van der Waals surface area (Å²) in [6, 6.07) is 1.88. The molecule has 13 heteroatoms. The number of H-pyrrole nitrogens is 1. The van der Waals surface area contributed by atoms with Crippen molar-refractivity contribution >= 4 is 27.0 Å². The van der Waals surface area contributed by atoms with E-state index >= 15 is 0 Å². The number of aromatic amines is 1. The average molecular weight is 512 g/mol. The van der Waals surface area contributed by atoms with Gasteiger partial charge in [0.2, 0.25) is 10.0 Å². The molecule has 9 nitrogen and oxygen atoms in total. The first-order valence-electron chi connectivity index (χ1n) is 10.9. The van der Waals surface area contributed by atoms with E-state index in [0.29, 0.717) is 29.4 Å². The number of aromatic nitrogens is 3. The van der Waals surface area contributed by atoms with Gasteiger partial charge in [-0.2, -0.15) is 17.9 Å². The third kappa shape index (κ3) is 5.25. The second-order valence-electron chi connectivity index (χ2n) is 8.36. The Morgan fingerprint density at radius 1 is 1.20 bits per heavy atom. The largest absolute Gasteiger partial charge is 0.495 e. The molecule has 3 heterocycles. The molecule has 3 aromatic heterocycles. The summed E-state index contributed by atoms with van der Waals surface area (Å²) in [5.74, 6) is 0.101. The SMILES string of the molecule is COc1cnc2[nH]c(-c3ccc(S(=O)(=O)N[C@@H](C)C(F)(F)F)cn3)c(C(=O)NC3CCCC3)c2c1. The third-order valence-corrected chi connectivity index (χ3v) is 7.43. The van der Waals surface area contributed by atoms with Crippen LogP contribution in [0.25, 0.3) is 22.4 Å². The van der Waals surface area contributed by atoms with Crippen molar-refractivity contribution in [2.45, 2.75) is 55.8 Å². The molecule has 1 aliphatic rings. The minimum absolute atomic E-state index is 0.0426. The van der Waals surface area contributed by atoms with Crippen molar-refractivity contribution < 1.29 is 31.1 Å². The number of carbonyl (C=O) groups is 1. The molecule has 1 fully saturated rings. The molecule has 3 N–H and O–H groups in total. The summed E-state index contributed by atoms with van der Waals surface area (Å²) in [7, 11) is -2.99. The fourth-order valence-corrected chi connectivity index (χ4v) is 5.15. The summed E-state index contributed by atoms with van der Waals surface area (Å²) in [4.78, 5) is 24.3. The van der Waals surface area contributed by atoms with Gasteiger partial charge in [0.1, 0.15) is 22.3 Å². The molecule has 1 saturated carbocycles. The van der Waals surface area contributed by atoms with E-state index in [2.05, 4.69) is 20.3 Å². The highest BCUT2D eigenvalue weighted by Crippen LogP contribution is 2.32. The first kappa shape index (κ1) is 24.9. The second-order valence-corrected chi connectivity index (χ2v) is 10.1. The maximum Gasteiger partial charge on any atom is 0.404 e. The summed E-state index contributed by atoms with van der Waals surface area (Å²) in [5.41, 5.74) is 1.19. The van der Waals surface area contributed by atoms with Gasteiger partial charge in [0.15, 0.2) is 0 Å². The number of methoxy groups -OCH3 is 1. The van der Waals surface area contributed by atoms with Crippen LogP contribution in [0.3, 0.4) is 0 Å². The summed E-state index contributed by atoms with van der Waals surface area (Å²) >= 11 is 0. The van der Waals surface area contributed by atoms with Crippen molar-refractivity contribution in [2.24, 2.45) is 0 Å². The molecule has 1 amide bonds. The number of hydrogen-bond donors (Lipinski definition) is 3. The van der Waals surface area contributed by atoms with E-state index in [1.807, 2.05) is 0 Å². The Bertz CT molecular complexity index is 1330. The molecule has 4 rings (SSSR count). The molecule has 0 saturated heterocycles. The smallest absolute Gasteiger partial charge is 0.404 e. The Hall–Kier alpha value is -3.19. The fraction of sp³-hybridized carbons (Fsp3) is 0.409. The van der Waals surface area contributed by atoms with E-state index in [1.54, 1.807) is 10.8 Å². The lowest BCUT2D eigenvalue weighted by molar-refractivity contribution is -0.147. The van der Waals surface area contributed by atoms with E-state index in [0.717, 1.165) is 37.9 Å². The number of carbonyl (C=O) groups excluding carboxylic acids is 1. The van der Waals surface area contributed by atoms with E-state index in [-0.39, 0.29) is 23.2 Å². The molecule has 1 aliphatic carbocycles. The van der Waals surface area contributed by atoms with Gasteiger partial charge in [-0.3, -0.25) is 9.78 Å². The Kier molecular flexibility index (Phi) is 6.73. The lowest BCUT2D eigenvalue weighted by Crippen LogP contribution is -2.42. The quantitative estimate of drug-likeness (QED) is 0.446. The predicted molar refractivity (Wildman–Crippen MR) is 121 cm³/mol. The highest BCUT2D eigenvalue weighted by atomic mass is 32.2. The average Bonchev–Trinajstić information content (AvgIpc) is 3.45. The second kappa shape index (κ2) is 9.46. The monoisotopic (exact) mass is 511 g/mol. The number of amides is 1. The van der Waals surface area contributed by atoms with Crippen LogP contribution in [-0.4, -0.2) is 54.6 Å². The van der Waals surface area contributed by atoms with E-state index in [4.69, 9.17) is 4.74 Å². The normalized spacial score (nSPS) is 15.9. The number of nitrogens with one attached hydrogen (secondary N) is 3. The minimum Gasteiger partial charge on any atom is -0.495 e. The molecule has 0 bridgehead atoms. The number of fused-ring (bicyclic) bond motifs is 1. The minimum atomic E-state index is -4.74. The zero-order valence-electron chi connectivity index (χ0n) is 18.9. The van der Waals surface area contributed by atoms with Crippen LogP contribution in [-0.2, 0) is 10.0 Å². The van der Waals surface area contributed by atoms with Crippen molar-refractivity contribution in [3.63, 3.8) is 0 Å². The number of rotatable bonds is 7. The van der Waals surface area contributed by atoms with Gasteiger partial charge in [-0.1, -0.05) is 12.8 Å². The Balaban J connectivity index is 1.71. The molecule has 0 unspecified atom stereocenters. The van der Waals surface area contributed by atoms with Crippen LogP contribution in [0.1, 0.15) is 43.0 Å². The highest BCUT2D eigenvalue weighted by molar-refractivity contribution is 7.89. The Morgan fingerprint density at radius 2 is 1.91 bits per heavy atom. The van der Waals surface area contributed by atoms with Gasteiger partial charge < -0.3 is 15.0 Å². The van der Waals surface area contributed by atoms with Gasteiger partial charge in [-0.15, -0.1) is 0 Å². The maximum absolute atomic E-state index is 13.3. The van der Waals surface area contributed by atoms with Crippen molar-refractivity contribution in [1.82, 2.24) is 25.0 Å². The van der Waals surface area contributed by atoms with E-state index in [1.165, 1.54) is 19.4 Å². The zero-order valence-corrected chi connectivity index (χ0v) is 19.8. The van der Waals surface area contributed by atoms with Gasteiger partial charge in [-0.05, 0) is 38.0 Å². The number of pyridine rings is 2.